The molecule has 120 heavy (non-hydrogen) atoms. The molecule has 0 spiro atoms. The van der Waals surface area contributed by atoms with Gasteiger partial charge >= 0.3 is 10.4 Å². The topological polar surface area (TPSA) is 398 Å². The fourth-order valence-electron chi connectivity index (χ4n) is 10.5. The van der Waals surface area contributed by atoms with Crippen LogP contribution in [0, 0.1) is 22.7 Å². The molecule has 8 heterocycles. The molecule has 17 rings (SSSR count). The number of nitriles is 2. The molecule has 35 heteroatoms. The number of carbonyl (C=O) groups is 3. The number of fused-ring (bicyclic) bond motifs is 8. The Hall–Kier alpha value is -11.1. The van der Waals surface area contributed by atoms with Crippen molar-refractivity contribution in [2.45, 2.75) is 4.30 Å². The maximum Gasteiger partial charge on any atom is 0.394 e. The molecule has 8 aromatic heterocycles. The number of methoxy groups -OCH3 is 1. The van der Waals surface area contributed by atoms with Gasteiger partial charge in [0.2, 0.25) is 12.4 Å². The predicted octanol–water partition coefficient (Wildman–Crippen LogP) is 21.6. The molecule has 0 unspecified atom stereocenters. The van der Waals surface area contributed by atoms with E-state index < -0.39 is 32.4 Å². The first-order chi connectivity index (χ1) is 57.3. The quantitative estimate of drug-likeness (QED) is 0.0332. The molecule has 0 aliphatic rings. The first-order valence-corrected chi connectivity index (χ1v) is 42.5. The van der Waals surface area contributed by atoms with Gasteiger partial charge in [0.05, 0.1) is 74.6 Å². The van der Waals surface area contributed by atoms with E-state index in [2.05, 4.69) is 153 Å². The number of nitrogens with zero attached hydrogens (tertiary/aromatic N) is 10. The van der Waals surface area contributed by atoms with Crippen LogP contribution in [0.15, 0.2) is 317 Å². The van der Waals surface area contributed by atoms with E-state index in [1.54, 1.807) is 19.5 Å². The highest BCUT2D eigenvalue weighted by molar-refractivity contribution is 9.11. The van der Waals surface area contributed by atoms with Crippen LogP contribution < -0.4 is 36.7 Å². The molecule has 0 fully saturated rings. The van der Waals surface area contributed by atoms with Gasteiger partial charge in [-0.05, 0) is 233 Å². The number of nitrogens with two attached hydrogens (primary N) is 3. The van der Waals surface area contributed by atoms with Crippen molar-refractivity contribution in [3.63, 3.8) is 0 Å². The minimum Gasteiger partial charge on any atom is -0.497 e. The van der Waals surface area contributed by atoms with Gasteiger partial charge in [-0.1, -0.05) is 168 Å². The number of hydrogen-bond donors (Lipinski definition) is 8. The molecule has 24 nitrogen and oxygen atoms in total. The van der Waals surface area contributed by atoms with Gasteiger partial charge in [0, 0.05) is 79.2 Å². The number of aromatic nitrogens is 8. The van der Waals surface area contributed by atoms with E-state index in [9.17, 15) is 24.8 Å². The Morgan fingerprint density at radius 2 is 0.700 bits per heavy atom. The Kier molecular flexibility index (Phi) is 36.6. The summed E-state index contributed by atoms with van der Waals surface area (Å²) in [6, 6.07) is 88.2. The van der Waals surface area contributed by atoms with Crippen LogP contribution in [0.4, 0.5) is 11.4 Å². The third-order valence-electron chi connectivity index (χ3n) is 15.7. The highest BCUT2D eigenvalue weighted by Crippen LogP contribution is 2.29. The molecule has 3 amide bonds. The number of pyridine rings is 8. The molecule has 0 aliphatic carbocycles. The number of anilines is 2. The summed E-state index contributed by atoms with van der Waals surface area (Å²) in [4.78, 5) is 58.9. The van der Waals surface area contributed by atoms with E-state index in [0.29, 0.717) is 26.0 Å². The molecule has 9 aromatic carbocycles. The molecular formula is C85H62Br7Cl3N14O10S+2. The Bertz CT molecular complexity index is 6470. The number of carbonyl (C=O) groups excluding carboxylic acids is 3. The Balaban J connectivity index is 0.000000169. The number of alkyl halides is 3. The SMILES string of the molecule is Brc1cnc2ccccc2c1.COc1ccc(Nc2cc3ccccc3nc2C(N)=O)cc1.ClC(Cl)Cl.N#Cc1nc2ccccc2cc1Br.N#Cc1nc2ccccc2cc1Br.NC(=O)c1nc2ccccc2cc1Br.NC(=O)c1nc2ccccc2cc1Br.O=S(=O)(O)O.O[n+]1cc(Br)cc2ccccc21.O[n+]1cc(Br)cc2ccccc21. The van der Waals surface area contributed by atoms with E-state index in [1.807, 2.05) is 279 Å². The first kappa shape index (κ1) is 94.4. The zero-order valence-electron chi connectivity index (χ0n) is 61.8. The zero-order chi connectivity index (χ0) is 87.2. The lowest BCUT2D eigenvalue weighted by Gasteiger charge is -2.11. The minimum absolute atomic E-state index is 0.217. The Labute approximate surface area is 759 Å². The lowest BCUT2D eigenvalue weighted by atomic mass is 10.1. The van der Waals surface area contributed by atoms with E-state index in [-0.39, 0.29) is 17.1 Å². The maximum absolute atomic E-state index is 11.7. The largest absolute Gasteiger partial charge is 0.497 e. The standard InChI is InChI=1S/C17H15N3O2.2C10H7BrN2O.2C10H5BrN2.2C9H7BrNO.C9H6BrN.CHCl3.H2O4S/c1-22-13-8-6-12(7-9-13)19-15-10-11-4-2-3-5-14(11)20-16(15)17(18)21;2*11-7-5-6-3-1-2-4-8(6)13-9(7)10(12)14;2*11-8-5-7-3-1-2-4-9(7)13-10(8)6-12;2*10-8-5-7-3-1-2-4-9(7)11(12)6-8;10-8-5-7-3-1-2-4-9(7)11-6-8;2-1(3)4;1-5(2,3)4/h2-10,19H,1H3,(H2,18,21);2*1-5H,(H2,12,14);2*1-5H;2*1-6,12H;1-6H;1H;(H2,1,2,3,4)/q;;;;;2*+1;;;. The molecule has 0 aliphatic heterocycles. The summed E-state index contributed by atoms with van der Waals surface area (Å²) < 4.78 is 43.7. The van der Waals surface area contributed by atoms with E-state index in [4.69, 9.17) is 84.8 Å². The van der Waals surface area contributed by atoms with Crippen LogP contribution in [-0.2, 0) is 10.4 Å². The number of hydrogen-bond acceptors (Lipinski definition) is 17. The maximum atomic E-state index is 11.7. The van der Waals surface area contributed by atoms with Gasteiger partial charge in [0.25, 0.3) is 28.8 Å². The molecular weight excluding hydrogens is 2070 g/mol. The summed E-state index contributed by atoms with van der Waals surface area (Å²) in [7, 11) is -3.05. The summed E-state index contributed by atoms with van der Waals surface area (Å²) >= 11 is 37.5. The van der Waals surface area contributed by atoms with Crippen molar-refractivity contribution in [2.75, 3.05) is 12.4 Å². The fraction of sp³-hybridized carbons (Fsp3) is 0.0235. The monoisotopic (exact) mass is 2130 g/mol. The van der Waals surface area contributed by atoms with Crippen LogP contribution in [0.5, 0.6) is 5.75 Å². The average Bonchev–Trinajstić information content (AvgIpc) is 0.819. The van der Waals surface area contributed by atoms with Gasteiger partial charge in [-0.15, -0.1) is 0 Å². The molecule has 606 valence electrons. The summed E-state index contributed by atoms with van der Waals surface area (Å²) in [5.74, 6) is -0.857. The number of primary amides is 3. The average molecular weight is 2140 g/mol. The second kappa shape index (κ2) is 46.5. The van der Waals surface area contributed by atoms with Gasteiger partial charge in [-0.25, -0.2) is 24.9 Å². The highest BCUT2D eigenvalue weighted by atomic mass is 79.9. The second-order valence-corrected chi connectivity index (χ2v) is 33.0. The van der Waals surface area contributed by atoms with E-state index in [1.165, 1.54) is 5.39 Å². The highest BCUT2D eigenvalue weighted by Gasteiger charge is 2.15. The number of halogens is 10. The Morgan fingerprint density at radius 3 is 1.04 bits per heavy atom. The number of amides is 3. The zero-order valence-corrected chi connectivity index (χ0v) is 76.0. The van der Waals surface area contributed by atoms with Gasteiger partial charge in [-0.2, -0.15) is 18.9 Å². The molecule has 0 saturated carbocycles. The van der Waals surface area contributed by atoms with Gasteiger partial charge < -0.3 is 27.3 Å². The third-order valence-corrected chi connectivity index (χ3v) is 19.4. The summed E-state index contributed by atoms with van der Waals surface area (Å²) in [5, 5.41) is 47.7. The van der Waals surface area contributed by atoms with Crippen molar-refractivity contribution in [1.82, 2.24) is 29.9 Å². The van der Waals surface area contributed by atoms with Crippen molar-refractivity contribution in [2.24, 2.45) is 17.2 Å². The van der Waals surface area contributed by atoms with Crippen LogP contribution in [0.25, 0.3) is 87.2 Å². The minimum atomic E-state index is -4.67. The molecule has 0 bridgehead atoms. The summed E-state index contributed by atoms with van der Waals surface area (Å²) in [5.41, 5.74) is 25.4. The van der Waals surface area contributed by atoms with Gasteiger partial charge in [0.1, 0.15) is 29.3 Å². The molecule has 0 radical (unpaired) electrons. The molecule has 11 N–H and O–H groups in total. The number of ether oxygens (including phenoxy) is 1. The van der Waals surface area contributed by atoms with Gasteiger partial charge in [0.15, 0.2) is 21.4 Å². The molecule has 0 saturated heterocycles. The first-order valence-electron chi connectivity index (χ1n) is 34.2. The fourth-order valence-corrected chi connectivity index (χ4v) is 13.7. The molecule has 17 aromatic rings. The summed E-state index contributed by atoms with van der Waals surface area (Å²) in [6.45, 7) is 0. The number of benzene rings is 9. The number of para-hydroxylation sites is 8. The van der Waals surface area contributed by atoms with Crippen LogP contribution >= 0.6 is 146 Å². The van der Waals surface area contributed by atoms with Crippen molar-refractivity contribution >= 4 is 273 Å². The lowest BCUT2D eigenvalue weighted by Crippen LogP contribution is -2.30. The summed E-state index contributed by atoms with van der Waals surface area (Å²) in [6.07, 6.45) is 5.03. The van der Waals surface area contributed by atoms with E-state index >= 15 is 0 Å². The van der Waals surface area contributed by atoms with Crippen LogP contribution in [0.2, 0.25) is 0 Å². The van der Waals surface area contributed by atoms with Crippen LogP contribution in [0.1, 0.15) is 42.9 Å². The number of rotatable bonds is 6. The predicted molar refractivity (Wildman–Crippen MR) is 494 cm³/mol. The van der Waals surface area contributed by atoms with E-state index in [0.717, 1.165) is 125 Å². The normalized spacial score (nSPS) is 10.3. The molecule has 0 atom stereocenters. The van der Waals surface area contributed by atoms with Crippen LogP contribution in [0.3, 0.4) is 0 Å². The lowest BCUT2D eigenvalue weighted by molar-refractivity contribution is -0.885. The van der Waals surface area contributed by atoms with Crippen molar-refractivity contribution in [3.05, 3.63) is 345 Å². The van der Waals surface area contributed by atoms with Crippen LogP contribution in [-0.4, -0.2) is 87.0 Å². The van der Waals surface area contributed by atoms with Crippen molar-refractivity contribution in [1.29, 1.82) is 10.5 Å². The third kappa shape index (κ3) is 29.4. The second-order valence-electron chi connectivity index (χ2n) is 24.0. The number of nitrogens with one attached hydrogen (secondary N) is 1. The smallest absolute Gasteiger partial charge is 0.394 e. The Morgan fingerprint density at radius 1 is 0.417 bits per heavy atom. The van der Waals surface area contributed by atoms with Gasteiger partial charge in [-0.3, -0.25) is 38.9 Å². The van der Waals surface area contributed by atoms with Crippen molar-refractivity contribution in [3.8, 4) is 17.9 Å². The van der Waals surface area contributed by atoms with Crippen molar-refractivity contribution < 1.29 is 56.5 Å².